The molecule has 1 heterocycles. The standard InChI is InChI=1S/C10H18N4OS/c1-7(2)15-5-4-12-9-6-8(11)13-10(14-9)16-3/h6-7H,4-5H2,1-3H3,(H3,11,12,13,14). The van der Waals surface area contributed by atoms with E-state index in [4.69, 9.17) is 10.5 Å². The van der Waals surface area contributed by atoms with Crippen LogP contribution in [0.4, 0.5) is 11.6 Å². The molecule has 1 rings (SSSR count). The lowest BCUT2D eigenvalue weighted by molar-refractivity contribution is 0.0870. The van der Waals surface area contributed by atoms with Crippen molar-refractivity contribution in [3.63, 3.8) is 0 Å². The highest BCUT2D eigenvalue weighted by molar-refractivity contribution is 7.98. The quantitative estimate of drug-likeness (QED) is 0.448. The summed E-state index contributed by atoms with van der Waals surface area (Å²) in [4.78, 5) is 8.34. The van der Waals surface area contributed by atoms with Crippen molar-refractivity contribution in [2.45, 2.75) is 25.1 Å². The third-order valence-corrected chi connectivity index (χ3v) is 2.32. The van der Waals surface area contributed by atoms with Gasteiger partial charge in [0, 0.05) is 12.6 Å². The summed E-state index contributed by atoms with van der Waals surface area (Å²) in [7, 11) is 0. The first-order chi connectivity index (χ1) is 7.61. The average Bonchev–Trinajstić information content (AvgIpc) is 2.23. The molecule has 0 amide bonds. The fraction of sp³-hybridized carbons (Fsp3) is 0.600. The van der Waals surface area contributed by atoms with E-state index in [1.54, 1.807) is 6.07 Å². The number of nitrogens with one attached hydrogen (secondary N) is 1. The van der Waals surface area contributed by atoms with E-state index in [0.29, 0.717) is 24.1 Å². The van der Waals surface area contributed by atoms with Crippen LogP contribution in [0.25, 0.3) is 0 Å². The number of anilines is 2. The lowest BCUT2D eigenvalue weighted by Crippen LogP contribution is -2.14. The Labute approximate surface area is 100 Å². The van der Waals surface area contributed by atoms with Crippen LogP contribution in [0.1, 0.15) is 13.8 Å². The van der Waals surface area contributed by atoms with Gasteiger partial charge in [-0.2, -0.15) is 0 Å². The molecule has 0 aliphatic heterocycles. The van der Waals surface area contributed by atoms with E-state index in [2.05, 4.69) is 15.3 Å². The molecule has 0 aliphatic rings. The number of nitrogens with two attached hydrogens (primary N) is 1. The molecular formula is C10H18N4OS. The third-order valence-electron chi connectivity index (χ3n) is 1.77. The molecule has 0 saturated carbocycles. The summed E-state index contributed by atoms with van der Waals surface area (Å²) in [6, 6.07) is 1.72. The highest BCUT2D eigenvalue weighted by Crippen LogP contribution is 2.14. The van der Waals surface area contributed by atoms with Gasteiger partial charge in [-0.1, -0.05) is 11.8 Å². The molecule has 0 fully saturated rings. The Morgan fingerprint density at radius 2 is 2.25 bits per heavy atom. The zero-order valence-corrected chi connectivity index (χ0v) is 10.7. The van der Waals surface area contributed by atoms with Gasteiger partial charge in [0.15, 0.2) is 5.16 Å². The van der Waals surface area contributed by atoms with Gasteiger partial charge in [-0.3, -0.25) is 0 Å². The highest BCUT2D eigenvalue weighted by Gasteiger charge is 2.01. The second-order valence-electron chi connectivity index (χ2n) is 3.51. The summed E-state index contributed by atoms with van der Waals surface area (Å²) >= 11 is 1.47. The van der Waals surface area contributed by atoms with Crippen LogP contribution in [0, 0.1) is 0 Å². The van der Waals surface area contributed by atoms with Gasteiger partial charge >= 0.3 is 0 Å². The largest absolute Gasteiger partial charge is 0.383 e. The SMILES string of the molecule is CSc1nc(N)cc(NCCOC(C)C)n1. The molecule has 0 aromatic carbocycles. The minimum atomic E-state index is 0.249. The Hall–Kier alpha value is -1.01. The van der Waals surface area contributed by atoms with Crippen LogP contribution in [-0.4, -0.2) is 35.5 Å². The van der Waals surface area contributed by atoms with Gasteiger partial charge in [0.25, 0.3) is 0 Å². The van der Waals surface area contributed by atoms with E-state index in [0.717, 1.165) is 5.82 Å². The van der Waals surface area contributed by atoms with Gasteiger partial charge in [0.1, 0.15) is 11.6 Å². The molecule has 16 heavy (non-hydrogen) atoms. The molecule has 0 bridgehead atoms. The summed E-state index contributed by atoms with van der Waals surface area (Å²) in [6.07, 6.45) is 2.17. The molecule has 0 unspecified atom stereocenters. The van der Waals surface area contributed by atoms with Crippen LogP contribution in [0.15, 0.2) is 11.2 Å². The zero-order valence-electron chi connectivity index (χ0n) is 9.86. The monoisotopic (exact) mass is 242 g/mol. The van der Waals surface area contributed by atoms with Crippen LogP contribution >= 0.6 is 11.8 Å². The van der Waals surface area contributed by atoms with Crippen molar-refractivity contribution in [3.8, 4) is 0 Å². The molecule has 3 N–H and O–H groups in total. The lowest BCUT2D eigenvalue weighted by Gasteiger charge is -2.09. The van der Waals surface area contributed by atoms with Gasteiger partial charge in [-0.15, -0.1) is 0 Å². The topological polar surface area (TPSA) is 73.1 Å². The van der Waals surface area contributed by atoms with Crippen molar-refractivity contribution in [2.75, 3.05) is 30.5 Å². The molecule has 0 radical (unpaired) electrons. The van der Waals surface area contributed by atoms with Gasteiger partial charge in [-0.05, 0) is 20.1 Å². The van der Waals surface area contributed by atoms with E-state index in [1.807, 2.05) is 20.1 Å². The van der Waals surface area contributed by atoms with Crippen molar-refractivity contribution >= 4 is 23.4 Å². The Balaban J connectivity index is 2.44. The number of thioether (sulfide) groups is 1. The normalized spacial score (nSPS) is 10.8. The number of rotatable bonds is 6. The maximum absolute atomic E-state index is 5.65. The molecule has 1 aromatic rings. The van der Waals surface area contributed by atoms with E-state index >= 15 is 0 Å². The molecule has 0 spiro atoms. The average molecular weight is 242 g/mol. The van der Waals surface area contributed by atoms with Crippen LogP contribution < -0.4 is 11.1 Å². The second kappa shape index (κ2) is 6.55. The number of hydrogen-bond donors (Lipinski definition) is 2. The maximum Gasteiger partial charge on any atom is 0.191 e. The van der Waals surface area contributed by atoms with Crippen molar-refractivity contribution in [1.82, 2.24) is 9.97 Å². The highest BCUT2D eigenvalue weighted by atomic mass is 32.2. The number of nitrogens with zero attached hydrogens (tertiary/aromatic N) is 2. The van der Waals surface area contributed by atoms with Crippen LogP contribution in [0.2, 0.25) is 0 Å². The molecular weight excluding hydrogens is 224 g/mol. The minimum Gasteiger partial charge on any atom is -0.383 e. The van der Waals surface area contributed by atoms with E-state index < -0.39 is 0 Å². The zero-order chi connectivity index (χ0) is 12.0. The Morgan fingerprint density at radius 1 is 1.50 bits per heavy atom. The maximum atomic E-state index is 5.65. The number of nitrogen functional groups attached to an aromatic ring is 1. The van der Waals surface area contributed by atoms with E-state index in [9.17, 15) is 0 Å². The van der Waals surface area contributed by atoms with Crippen LogP contribution in [0.3, 0.4) is 0 Å². The van der Waals surface area contributed by atoms with E-state index in [-0.39, 0.29) is 6.10 Å². The molecule has 0 saturated heterocycles. The second-order valence-corrected chi connectivity index (χ2v) is 4.28. The molecule has 0 atom stereocenters. The predicted molar refractivity (Wildman–Crippen MR) is 67.8 cm³/mol. The fourth-order valence-electron chi connectivity index (χ4n) is 1.10. The Morgan fingerprint density at radius 3 is 2.88 bits per heavy atom. The number of aromatic nitrogens is 2. The Bertz CT molecular complexity index is 333. The summed E-state index contributed by atoms with van der Waals surface area (Å²) in [5.41, 5.74) is 5.65. The lowest BCUT2D eigenvalue weighted by atomic mass is 10.5. The summed E-state index contributed by atoms with van der Waals surface area (Å²) in [6.45, 7) is 5.38. The van der Waals surface area contributed by atoms with Crippen LogP contribution in [0.5, 0.6) is 0 Å². The molecule has 1 aromatic heterocycles. The molecule has 6 heteroatoms. The van der Waals surface area contributed by atoms with Crippen molar-refractivity contribution in [3.05, 3.63) is 6.07 Å². The summed E-state index contributed by atoms with van der Waals surface area (Å²) in [5, 5.41) is 3.82. The first-order valence-corrected chi connectivity index (χ1v) is 6.38. The molecule has 5 nitrogen and oxygen atoms in total. The van der Waals surface area contributed by atoms with Crippen molar-refractivity contribution in [2.24, 2.45) is 0 Å². The van der Waals surface area contributed by atoms with Crippen LogP contribution in [-0.2, 0) is 4.74 Å². The fourth-order valence-corrected chi connectivity index (χ4v) is 1.49. The smallest absolute Gasteiger partial charge is 0.191 e. The van der Waals surface area contributed by atoms with E-state index in [1.165, 1.54) is 11.8 Å². The third kappa shape index (κ3) is 4.67. The first kappa shape index (κ1) is 13.1. The molecule has 0 aliphatic carbocycles. The molecule has 90 valence electrons. The summed E-state index contributed by atoms with van der Waals surface area (Å²) < 4.78 is 5.41. The van der Waals surface area contributed by atoms with Gasteiger partial charge in [-0.25, -0.2) is 9.97 Å². The predicted octanol–water partition coefficient (Wildman–Crippen LogP) is 1.62. The van der Waals surface area contributed by atoms with Crippen molar-refractivity contribution < 1.29 is 4.74 Å². The summed E-state index contributed by atoms with van der Waals surface area (Å²) in [5.74, 6) is 1.22. The number of hydrogen-bond acceptors (Lipinski definition) is 6. The van der Waals surface area contributed by atoms with Gasteiger partial charge in [0.2, 0.25) is 0 Å². The minimum absolute atomic E-state index is 0.249. The Kier molecular flexibility index (Phi) is 5.34. The van der Waals surface area contributed by atoms with Gasteiger partial charge < -0.3 is 15.8 Å². The van der Waals surface area contributed by atoms with Crippen molar-refractivity contribution in [1.29, 1.82) is 0 Å². The van der Waals surface area contributed by atoms with Gasteiger partial charge in [0.05, 0.1) is 12.7 Å². The number of ether oxygens (including phenoxy) is 1. The first-order valence-electron chi connectivity index (χ1n) is 5.16.